The predicted molar refractivity (Wildman–Crippen MR) is 162 cm³/mol. The number of rotatable bonds is 12. The molecule has 9 heteroatoms. The number of hydrogen-bond acceptors (Lipinski definition) is 4. The van der Waals surface area contributed by atoms with Gasteiger partial charge in [-0.3, -0.25) is 13.9 Å². The minimum Gasteiger partial charge on any atom is -0.354 e. The zero-order valence-electron chi connectivity index (χ0n) is 23.7. The fraction of sp³-hybridized carbons (Fsp3) is 0.355. The van der Waals surface area contributed by atoms with Gasteiger partial charge < -0.3 is 10.2 Å². The largest absolute Gasteiger partial charge is 0.354 e. The molecule has 0 saturated heterocycles. The number of benzene rings is 3. The van der Waals surface area contributed by atoms with Gasteiger partial charge in [0.05, 0.1) is 11.9 Å². The number of anilines is 1. The molecule has 3 rings (SSSR count). The van der Waals surface area contributed by atoms with Crippen molar-refractivity contribution in [3.05, 3.63) is 100 Å². The topological polar surface area (TPSA) is 86.8 Å². The van der Waals surface area contributed by atoms with Crippen molar-refractivity contribution in [2.75, 3.05) is 23.7 Å². The fourth-order valence-corrected chi connectivity index (χ4v) is 5.50. The Morgan fingerprint density at radius 2 is 1.60 bits per heavy atom. The molecule has 1 atom stereocenters. The Kier molecular flexibility index (Phi) is 10.8. The lowest BCUT2D eigenvalue weighted by atomic mass is 10.0. The molecule has 40 heavy (non-hydrogen) atoms. The zero-order valence-corrected chi connectivity index (χ0v) is 25.3. The molecule has 0 saturated carbocycles. The summed E-state index contributed by atoms with van der Waals surface area (Å²) >= 11 is 6.25. The maximum atomic E-state index is 14.1. The Bertz CT molecular complexity index is 1430. The normalized spacial score (nSPS) is 12.2. The highest BCUT2D eigenvalue weighted by Gasteiger charge is 2.33. The number of nitrogens with zero attached hydrogens (tertiary/aromatic N) is 2. The Labute approximate surface area is 243 Å². The molecule has 214 valence electrons. The van der Waals surface area contributed by atoms with Gasteiger partial charge in [-0.25, -0.2) is 8.42 Å². The lowest BCUT2D eigenvalue weighted by molar-refractivity contribution is -0.140. The molecule has 7 nitrogen and oxygen atoms in total. The quantitative estimate of drug-likeness (QED) is 0.320. The van der Waals surface area contributed by atoms with Crippen molar-refractivity contribution in [1.82, 2.24) is 10.2 Å². The number of hydrogen-bond donors (Lipinski definition) is 1. The van der Waals surface area contributed by atoms with Crippen LogP contribution >= 0.6 is 11.6 Å². The van der Waals surface area contributed by atoms with E-state index >= 15 is 0 Å². The second kappa shape index (κ2) is 13.8. The molecule has 0 aliphatic carbocycles. The van der Waals surface area contributed by atoms with Gasteiger partial charge in [0.1, 0.15) is 12.6 Å². The van der Waals surface area contributed by atoms with Gasteiger partial charge in [-0.05, 0) is 60.2 Å². The minimum atomic E-state index is -3.83. The number of halogens is 1. The summed E-state index contributed by atoms with van der Waals surface area (Å²) in [5.41, 5.74) is 3.63. The smallest absolute Gasteiger partial charge is 0.244 e. The van der Waals surface area contributed by atoms with Crippen molar-refractivity contribution < 1.29 is 18.0 Å². The molecule has 3 aromatic rings. The highest BCUT2D eigenvalue weighted by Crippen LogP contribution is 2.25. The number of carbonyl (C=O) groups is 2. The van der Waals surface area contributed by atoms with Crippen LogP contribution in [0.2, 0.25) is 5.02 Å². The van der Waals surface area contributed by atoms with Gasteiger partial charge in [-0.1, -0.05) is 80.0 Å². The van der Waals surface area contributed by atoms with E-state index in [9.17, 15) is 18.0 Å². The summed E-state index contributed by atoms with van der Waals surface area (Å²) in [4.78, 5) is 29.3. The van der Waals surface area contributed by atoms with Gasteiger partial charge >= 0.3 is 0 Å². The molecule has 0 aromatic heterocycles. The predicted octanol–water partition coefficient (Wildman–Crippen LogP) is 5.14. The van der Waals surface area contributed by atoms with Crippen LogP contribution in [0.1, 0.15) is 36.1 Å². The summed E-state index contributed by atoms with van der Waals surface area (Å²) in [6, 6.07) is 21.1. The second-order valence-corrected chi connectivity index (χ2v) is 12.9. The molecule has 0 aliphatic rings. The van der Waals surface area contributed by atoms with Crippen LogP contribution in [0.5, 0.6) is 0 Å². The molecule has 0 bridgehead atoms. The average Bonchev–Trinajstić information content (AvgIpc) is 2.89. The van der Waals surface area contributed by atoms with E-state index in [-0.39, 0.29) is 24.8 Å². The first-order valence-electron chi connectivity index (χ1n) is 13.3. The van der Waals surface area contributed by atoms with Crippen LogP contribution in [0.25, 0.3) is 0 Å². The molecule has 0 aliphatic heterocycles. The summed E-state index contributed by atoms with van der Waals surface area (Å²) in [6.45, 7) is 7.74. The molecule has 0 heterocycles. The number of aryl methyl sites for hydroxylation is 2. The van der Waals surface area contributed by atoms with E-state index in [4.69, 9.17) is 11.6 Å². The second-order valence-electron chi connectivity index (χ2n) is 10.6. The van der Waals surface area contributed by atoms with Crippen LogP contribution in [-0.2, 0) is 32.6 Å². The van der Waals surface area contributed by atoms with E-state index in [2.05, 4.69) is 5.32 Å². The van der Waals surface area contributed by atoms with Gasteiger partial charge in [-0.15, -0.1) is 0 Å². The number of amides is 2. The number of sulfonamides is 1. The first-order chi connectivity index (χ1) is 18.8. The molecule has 3 aromatic carbocycles. The van der Waals surface area contributed by atoms with E-state index in [1.807, 2.05) is 69.3 Å². The summed E-state index contributed by atoms with van der Waals surface area (Å²) in [6.07, 6.45) is 1.35. The highest BCUT2D eigenvalue weighted by molar-refractivity contribution is 7.92. The van der Waals surface area contributed by atoms with Gasteiger partial charge in [0.2, 0.25) is 21.8 Å². The maximum Gasteiger partial charge on any atom is 0.244 e. The Balaban J connectivity index is 2.07. The maximum absolute atomic E-state index is 14.1. The molecule has 0 fully saturated rings. The third-order valence-electron chi connectivity index (χ3n) is 6.51. The third-order valence-corrected chi connectivity index (χ3v) is 7.87. The lowest BCUT2D eigenvalue weighted by Crippen LogP contribution is -2.53. The summed E-state index contributed by atoms with van der Waals surface area (Å²) < 4.78 is 27.1. The molecule has 0 unspecified atom stereocenters. The number of carbonyl (C=O) groups excluding carboxylic acids is 2. The summed E-state index contributed by atoms with van der Waals surface area (Å²) in [7, 11) is -3.83. The van der Waals surface area contributed by atoms with Crippen molar-refractivity contribution in [1.29, 1.82) is 0 Å². The van der Waals surface area contributed by atoms with E-state index < -0.39 is 28.5 Å². The van der Waals surface area contributed by atoms with E-state index in [0.29, 0.717) is 17.3 Å². The Morgan fingerprint density at radius 3 is 2.23 bits per heavy atom. The lowest BCUT2D eigenvalue weighted by Gasteiger charge is -2.34. The van der Waals surface area contributed by atoms with Crippen molar-refractivity contribution in [2.24, 2.45) is 5.92 Å². The fourth-order valence-electron chi connectivity index (χ4n) is 4.39. The molecule has 2 amide bonds. The Hall–Kier alpha value is -3.36. The third kappa shape index (κ3) is 8.83. The number of nitrogens with one attached hydrogen (secondary N) is 1. The average molecular weight is 584 g/mol. The van der Waals surface area contributed by atoms with Crippen molar-refractivity contribution in [3.8, 4) is 0 Å². The van der Waals surface area contributed by atoms with E-state index in [0.717, 1.165) is 32.8 Å². The van der Waals surface area contributed by atoms with Crippen molar-refractivity contribution in [3.63, 3.8) is 0 Å². The monoisotopic (exact) mass is 583 g/mol. The van der Waals surface area contributed by atoms with Crippen molar-refractivity contribution in [2.45, 2.75) is 46.7 Å². The van der Waals surface area contributed by atoms with Crippen LogP contribution < -0.4 is 9.62 Å². The highest BCUT2D eigenvalue weighted by atomic mass is 35.5. The van der Waals surface area contributed by atoms with Crippen LogP contribution in [0.3, 0.4) is 0 Å². The summed E-state index contributed by atoms with van der Waals surface area (Å²) in [5.74, 6) is -0.582. The Morgan fingerprint density at radius 1 is 0.925 bits per heavy atom. The van der Waals surface area contributed by atoms with Gasteiger partial charge in [0.25, 0.3) is 0 Å². The van der Waals surface area contributed by atoms with Crippen LogP contribution in [0, 0.1) is 19.8 Å². The molecule has 1 N–H and O–H groups in total. The zero-order chi connectivity index (χ0) is 29.4. The first-order valence-corrected chi connectivity index (χ1v) is 15.5. The molecular weight excluding hydrogens is 546 g/mol. The van der Waals surface area contributed by atoms with Crippen molar-refractivity contribution >= 4 is 39.1 Å². The molecule has 0 radical (unpaired) electrons. The molecule has 0 spiro atoms. The van der Waals surface area contributed by atoms with Crippen LogP contribution in [0.4, 0.5) is 5.69 Å². The first kappa shape index (κ1) is 31.2. The standard InChI is InChI=1S/C31H38ClN3O4S/c1-22(2)19-33-31(37)29(18-25-10-7-6-8-11-25)34(20-26-12-9-13-27(32)17-26)30(36)21-35(40(5,38)39)28-16-23(3)14-15-24(28)4/h6-17,22,29H,18-21H2,1-5H3,(H,33,37)/t29-/m0/s1. The molecular formula is C31H38ClN3O4S. The minimum absolute atomic E-state index is 0.0798. The van der Waals surface area contributed by atoms with Gasteiger partial charge in [0, 0.05) is 24.5 Å². The van der Waals surface area contributed by atoms with Crippen LogP contribution in [-0.4, -0.2) is 50.5 Å². The summed E-state index contributed by atoms with van der Waals surface area (Å²) in [5, 5.41) is 3.48. The van der Waals surface area contributed by atoms with E-state index in [1.165, 1.54) is 4.90 Å². The van der Waals surface area contributed by atoms with Gasteiger partial charge in [0.15, 0.2) is 0 Å². The van der Waals surface area contributed by atoms with Crippen LogP contribution in [0.15, 0.2) is 72.8 Å². The van der Waals surface area contributed by atoms with E-state index in [1.54, 1.807) is 31.2 Å². The van der Waals surface area contributed by atoms with Gasteiger partial charge in [-0.2, -0.15) is 0 Å². The SMILES string of the molecule is Cc1ccc(C)c(N(CC(=O)N(Cc2cccc(Cl)c2)[C@@H](Cc2ccccc2)C(=O)NCC(C)C)S(C)(=O)=O)c1.